The standard InChI is InChI=1S/C22H16ClN3O3S/c1-29-18-10-8-16(9-11-18)26-21(28)19(20(27)24-22(26)30)13-17-3-2-12-25(17)15-6-4-14(23)5-7-15/h2-13H,1H3,(H,24,27,30)/b19-13-. The van der Waals surface area contributed by atoms with Gasteiger partial charge in [0.25, 0.3) is 11.8 Å². The van der Waals surface area contributed by atoms with Crippen LogP contribution in [0.3, 0.4) is 0 Å². The molecule has 0 saturated carbocycles. The van der Waals surface area contributed by atoms with Gasteiger partial charge in [0, 0.05) is 22.6 Å². The molecule has 8 heteroatoms. The smallest absolute Gasteiger partial charge is 0.270 e. The van der Waals surface area contributed by atoms with E-state index in [0.29, 0.717) is 22.2 Å². The minimum atomic E-state index is -0.543. The molecule has 0 unspecified atom stereocenters. The highest BCUT2D eigenvalue weighted by Gasteiger charge is 2.34. The molecule has 1 fully saturated rings. The van der Waals surface area contributed by atoms with E-state index in [1.807, 2.05) is 35.0 Å². The highest BCUT2D eigenvalue weighted by atomic mass is 35.5. The summed E-state index contributed by atoms with van der Waals surface area (Å²) in [6, 6.07) is 17.7. The summed E-state index contributed by atoms with van der Waals surface area (Å²) in [6.07, 6.45) is 3.39. The van der Waals surface area contributed by atoms with Gasteiger partial charge in [0.15, 0.2) is 5.11 Å². The molecule has 1 aromatic heterocycles. The van der Waals surface area contributed by atoms with Gasteiger partial charge in [-0.3, -0.25) is 19.8 Å². The summed E-state index contributed by atoms with van der Waals surface area (Å²) < 4.78 is 7.01. The van der Waals surface area contributed by atoms with Crippen molar-refractivity contribution in [1.82, 2.24) is 9.88 Å². The van der Waals surface area contributed by atoms with Gasteiger partial charge in [0.1, 0.15) is 11.3 Å². The predicted molar refractivity (Wildman–Crippen MR) is 120 cm³/mol. The van der Waals surface area contributed by atoms with Crippen LogP contribution in [0.15, 0.2) is 72.4 Å². The molecule has 1 aliphatic rings. The van der Waals surface area contributed by atoms with Crippen LogP contribution < -0.4 is 15.0 Å². The molecule has 2 heterocycles. The number of hydrogen-bond acceptors (Lipinski definition) is 4. The van der Waals surface area contributed by atoms with E-state index >= 15 is 0 Å². The maximum atomic E-state index is 13.2. The summed E-state index contributed by atoms with van der Waals surface area (Å²) in [5.74, 6) is -0.397. The molecule has 0 radical (unpaired) electrons. The lowest BCUT2D eigenvalue weighted by Gasteiger charge is -2.29. The molecule has 1 saturated heterocycles. The fourth-order valence-electron chi connectivity index (χ4n) is 3.12. The molecule has 2 aromatic carbocycles. The summed E-state index contributed by atoms with van der Waals surface area (Å²) in [7, 11) is 1.56. The normalized spacial score (nSPS) is 15.5. The second-order valence-corrected chi connectivity index (χ2v) is 7.26. The summed E-state index contributed by atoms with van der Waals surface area (Å²) in [4.78, 5) is 27.0. The SMILES string of the molecule is COc1ccc(N2C(=O)/C(=C\c3cccn3-c3ccc(Cl)cc3)C(=O)NC2=S)cc1. The Morgan fingerprint density at radius 3 is 2.33 bits per heavy atom. The maximum Gasteiger partial charge on any atom is 0.270 e. The van der Waals surface area contributed by atoms with Crippen LogP contribution in [0.4, 0.5) is 5.69 Å². The molecule has 0 aliphatic carbocycles. The van der Waals surface area contributed by atoms with Crippen LogP contribution in [-0.2, 0) is 9.59 Å². The van der Waals surface area contributed by atoms with Gasteiger partial charge in [-0.2, -0.15) is 0 Å². The van der Waals surface area contributed by atoms with Gasteiger partial charge in [0.2, 0.25) is 0 Å². The highest BCUT2D eigenvalue weighted by Crippen LogP contribution is 2.25. The van der Waals surface area contributed by atoms with Crippen molar-refractivity contribution in [3.63, 3.8) is 0 Å². The molecule has 0 spiro atoms. The molecule has 0 bridgehead atoms. The number of ether oxygens (including phenoxy) is 1. The Labute approximate surface area is 183 Å². The van der Waals surface area contributed by atoms with Crippen molar-refractivity contribution in [1.29, 1.82) is 0 Å². The summed E-state index contributed by atoms with van der Waals surface area (Å²) in [5.41, 5.74) is 2.03. The molecule has 2 amide bonds. The van der Waals surface area contributed by atoms with E-state index in [9.17, 15) is 9.59 Å². The molecule has 0 atom stereocenters. The van der Waals surface area contributed by atoms with E-state index in [1.165, 1.54) is 4.90 Å². The second kappa shape index (κ2) is 8.14. The number of hydrogen-bond donors (Lipinski definition) is 1. The van der Waals surface area contributed by atoms with Gasteiger partial charge in [-0.15, -0.1) is 0 Å². The van der Waals surface area contributed by atoms with Gasteiger partial charge < -0.3 is 9.30 Å². The molecule has 1 aliphatic heterocycles. The number of nitrogens with zero attached hydrogens (tertiary/aromatic N) is 2. The van der Waals surface area contributed by atoms with Crippen molar-refractivity contribution in [3.8, 4) is 11.4 Å². The Hall–Kier alpha value is -3.42. The Kier molecular flexibility index (Phi) is 5.39. The number of thiocarbonyl (C=S) groups is 1. The third-order valence-electron chi connectivity index (χ3n) is 4.61. The maximum absolute atomic E-state index is 13.2. The van der Waals surface area contributed by atoms with Crippen molar-refractivity contribution in [2.24, 2.45) is 0 Å². The molecule has 1 N–H and O–H groups in total. The first-order valence-corrected chi connectivity index (χ1v) is 9.75. The number of amides is 2. The van der Waals surface area contributed by atoms with E-state index in [-0.39, 0.29) is 10.7 Å². The van der Waals surface area contributed by atoms with Gasteiger partial charge in [0.05, 0.1) is 12.8 Å². The monoisotopic (exact) mass is 437 g/mol. The van der Waals surface area contributed by atoms with Crippen molar-refractivity contribution >= 4 is 52.5 Å². The molecule has 6 nitrogen and oxygen atoms in total. The van der Waals surface area contributed by atoms with E-state index in [0.717, 1.165) is 5.69 Å². The van der Waals surface area contributed by atoms with Crippen LogP contribution in [0, 0.1) is 0 Å². The zero-order valence-electron chi connectivity index (χ0n) is 15.8. The Morgan fingerprint density at radius 1 is 1.00 bits per heavy atom. The molecular formula is C22H16ClN3O3S. The summed E-state index contributed by atoms with van der Waals surface area (Å²) >= 11 is 11.2. The predicted octanol–water partition coefficient (Wildman–Crippen LogP) is 3.97. The number of methoxy groups -OCH3 is 1. The van der Waals surface area contributed by atoms with Gasteiger partial charge in [-0.1, -0.05) is 11.6 Å². The topological polar surface area (TPSA) is 63.6 Å². The molecule has 4 rings (SSSR count). The van der Waals surface area contributed by atoms with Gasteiger partial charge in [-0.25, -0.2) is 0 Å². The quantitative estimate of drug-likeness (QED) is 0.381. The van der Waals surface area contributed by atoms with Crippen LogP contribution in [-0.4, -0.2) is 28.6 Å². The van der Waals surface area contributed by atoms with Crippen molar-refractivity contribution < 1.29 is 14.3 Å². The molecule has 30 heavy (non-hydrogen) atoms. The molecule has 3 aromatic rings. The number of carbonyl (C=O) groups is 2. The fraction of sp³-hybridized carbons (Fsp3) is 0.0455. The van der Waals surface area contributed by atoms with Crippen LogP contribution in [0.2, 0.25) is 5.02 Å². The Morgan fingerprint density at radius 2 is 1.67 bits per heavy atom. The van der Waals surface area contributed by atoms with Crippen molar-refractivity contribution in [2.45, 2.75) is 0 Å². The first kappa shape index (κ1) is 19.9. The molecular weight excluding hydrogens is 422 g/mol. The van der Waals surface area contributed by atoms with Crippen LogP contribution >= 0.6 is 23.8 Å². The summed E-state index contributed by atoms with van der Waals surface area (Å²) in [5, 5.41) is 3.24. The van der Waals surface area contributed by atoms with Crippen LogP contribution in [0.5, 0.6) is 5.75 Å². The van der Waals surface area contributed by atoms with E-state index in [2.05, 4.69) is 5.32 Å². The lowest BCUT2D eigenvalue weighted by Crippen LogP contribution is -2.54. The molecule has 150 valence electrons. The fourth-order valence-corrected chi connectivity index (χ4v) is 3.53. The lowest BCUT2D eigenvalue weighted by atomic mass is 10.1. The third kappa shape index (κ3) is 3.72. The largest absolute Gasteiger partial charge is 0.497 e. The van der Waals surface area contributed by atoms with Crippen molar-refractivity contribution in [3.05, 3.63) is 83.2 Å². The Balaban J connectivity index is 1.71. The average Bonchev–Trinajstić information content (AvgIpc) is 3.20. The minimum absolute atomic E-state index is 0.0201. The number of anilines is 1. The Bertz CT molecular complexity index is 1170. The van der Waals surface area contributed by atoms with Gasteiger partial charge >= 0.3 is 0 Å². The third-order valence-corrected chi connectivity index (χ3v) is 5.15. The lowest BCUT2D eigenvalue weighted by molar-refractivity contribution is -0.122. The average molecular weight is 438 g/mol. The number of benzene rings is 2. The second-order valence-electron chi connectivity index (χ2n) is 6.44. The number of rotatable bonds is 4. The van der Waals surface area contributed by atoms with E-state index in [1.54, 1.807) is 49.6 Å². The number of nitrogens with one attached hydrogen (secondary N) is 1. The number of carbonyl (C=O) groups excluding carboxylic acids is 2. The number of halogens is 1. The van der Waals surface area contributed by atoms with E-state index in [4.69, 9.17) is 28.6 Å². The van der Waals surface area contributed by atoms with E-state index < -0.39 is 11.8 Å². The van der Waals surface area contributed by atoms with Crippen molar-refractivity contribution in [2.75, 3.05) is 12.0 Å². The first-order valence-electron chi connectivity index (χ1n) is 8.97. The highest BCUT2D eigenvalue weighted by molar-refractivity contribution is 7.80. The zero-order valence-corrected chi connectivity index (χ0v) is 17.4. The number of aromatic nitrogens is 1. The van der Waals surface area contributed by atoms with Gasteiger partial charge in [-0.05, 0) is 79.0 Å². The minimum Gasteiger partial charge on any atom is -0.497 e. The first-order chi connectivity index (χ1) is 14.5. The van der Waals surface area contributed by atoms with Crippen LogP contribution in [0.25, 0.3) is 11.8 Å². The summed E-state index contributed by atoms with van der Waals surface area (Å²) in [6.45, 7) is 0. The van der Waals surface area contributed by atoms with Crippen LogP contribution in [0.1, 0.15) is 5.69 Å². The zero-order chi connectivity index (χ0) is 21.3.